The van der Waals surface area contributed by atoms with Crippen LogP contribution in [0.2, 0.25) is 0 Å². The molecule has 0 saturated carbocycles. The van der Waals surface area contributed by atoms with E-state index in [2.05, 4.69) is 19.2 Å². The number of ether oxygens (including phenoxy) is 1. The molecule has 1 aliphatic rings. The van der Waals surface area contributed by atoms with Crippen LogP contribution in [-0.4, -0.2) is 45.1 Å². The van der Waals surface area contributed by atoms with E-state index in [-0.39, 0.29) is 6.04 Å². The Labute approximate surface area is 131 Å². The molecule has 0 aliphatic carbocycles. The third kappa shape index (κ3) is 4.26. The van der Waals surface area contributed by atoms with E-state index in [9.17, 15) is 8.42 Å². The monoisotopic (exact) mass is 332 g/mol. The highest BCUT2D eigenvalue weighted by molar-refractivity contribution is 7.91. The van der Waals surface area contributed by atoms with Crippen LogP contribution in [-0.2, 0) is 21.3 Å². The molecule has 1 aromatic rings. The van der Waals surface area contributed by atoms with Crippen molar-refractivity contribution in [1.29, 1.82) is 0 Å². The first-order valence-corrected chi connectivity index (χ1v) is 9.55. The van der Waals surface area contributed by atoms with Gasteiger partial charge in [0.2, 0.25) is 0 Å². The average molecular weight is 332 g/mol. The van der Waals surface area contributed by atoms with E-state index in [0.29, 0.717) is 30.0 Å². The highest BCUT2D eigenvalue weighted by atomic mass is 32.2. The maximum Gasteiger partial charge on any atom is 0.252 e. The second-order valence-corrected chi connectivity index (χ2v) is 9.01. The van der Waals surface area contributed by atoms with E-state index >= 15 is 0 Å². The molecule has 1 N–H and O–H groups in total. The van der Waals surface area contributed by atoms with Crippen LogP contribution in [0.3, 0.4) is 0 Å². The van der Waals surface area contributed by atoms with Gasteiger partial charge in [-0.2, -0.15) is 4.31 Å². The molecule has 0 spiro atoms. The van der Waals surface area contributed by atoms with Gasteiger partial charge in [0.15, 0.2) is 0 Å². The van der Waals surface area contributed by atoms with Crippen molar-refractivity contribution < 1.29 is 13.2 Å². The zero-order valence-corrected chi connectivity index (χ0v) is 14.5. The second-order valence-electron chi connectivity index (χ2n) is 5.62. The first-order chi connectivity index (χ1) is 9.91. The van der Waals surface area contributed by atoms with Gasteiger partial charge in [-0.3, -0.25) is 0 Å². The van der Waals surface area contributed by atoms with Crippen molar-refractivity contribution in [1.82, 2.24) is 9.62 Å². The summed E-state index contributed by atoms with van der Waals surface area (Å²) in [6.45, 7) is 6.13. The Kier molecular flexibility index (Phi) is 5.79. The van der Waals surface area contributed by atoms with E-state index < -0.39 is 10.0 Å². The first kappa shape index (κ1) is 16.9. The molecule has 1 aliphatic heterocycles. The number of hydrogen-bond acceptors (Lipinski definition) is 5. The van der Waals surface area contributed by atoms with Gasteiger partial charge in [-0.05, 0) is 25.0 Å². The number of sulfonamides is 1. The Morgan fingerprint density at radius 1 is 1.38 bits per heavy atom. The zero-order valence-electron chi connectivity index (χ0n) is 12.8. The molecule has 0 aromatic carbocycles. The third-order valence-corrected chi connectivity index (χ3v) is 7.12. The molecule has 0 unspecified atom stereocenters. The zero-order chi connectivity index (χ0) is 15.5. The molecule has 2 heterocycles. The SMILES string of the molecule is CC(C)NCc1ccc(S(=O)(=O)N(C)C2CCOCC2)s1. The molecule has 0 bridgehead atoms. The lowest BCUT2D eigenvalue weighted by Gasteiger charge is -2.29. The summed E-state index contributed by atoms with van der Waals surface area (Å²) in [5, 5.41) is 3.30. The lowest BCUT2D eigenvalue weighted by molar-refractivity contribution is 0.0632. The summed E-state index contributed by atoms with van der Waals surface area (Å²) in [7, 11) is -1.71. The van der Waals surface area contributed by atoms with Crippen LogP contribution in [0.5, 0.6) is 0 Å². The molecule has 1 fully saturated rings. The van der Waals surface area contributed by atoms with E-state index in [4.69, 9.17) is 4.74 Å². The standard InChI is InChI=1S/C14H24N2O3S2/c1-11(2)15-10-13-4-5-14(20-13)21(17,18)16(3)12-6-8-19-9-7-12/h4-5,11-12,15H,6-10H2,1-3H3. The van der Waals surface area contributed by atoms with Crippen LogP contribution in [0.15, 0.2) is 16.3 Å². The fourth-order valence-corrected chi connectivity index (χ4v) is 5.19. The summed E-state index contributed by atoms with van der Waals surface area (Å²) in [6.07, 6.45) is 1.53. The van der Waals surface area contributed by atoms with Crippen LogP contribution in [0.25, 0.3) is 0 Å². The molecule has 7 heteroatoms. The Hall–Kier alpha value is -0.470. The molecule has 1 saturated heterocycles. The van der Waals surface area contributed by atoms with Crippen molar-refractivity contribution in [3.8, 4) is 0 Å². The Morgan fingerprint density at radius 3 is 2.67 bits per heavy atom. The van der Waals surface area contributed by atoms with Gasteiger partial charge < -0.3 is 10.1 Å². The molecule has 21 heavy (non-hydrogen) atoms. The molecule has 0 atom stereocenters. The largest absolute Gasteiger partial charge is 0.381 e. The smallest absolute Gasteiger partial charge is 0.252 e. The molecule has 5 nitrogen and oxygen atoms in total. The van der Waals surface area contributed by atoms with E-state index in [0.717, 1.165) is 17.7 Å². The van der Waals surface area contributed by atoms with Crippen molar-refractivity contribution in [2.75, 3.05) is 20.3 Å². The summed E-state index contributed by atoms with van der Waals surface area (Å²) >= 11 is 1.35. The van der Waals surface area contributed by atoms with Crippen molar-refractivity contribution >= 4 is 21.4 Å². The van der Waals surface area contributed by atoms with Crippen LogP contribution in [0.1, 0.15) is 31.6 Å². The molecule has 1 aromatic heterocycles. The van der Waals surface area contributed by atoms with Crippen LogP contribution in [0, 0.1) is 0 Å². The quantitative estimate of drug-likeness (QED) is 0.866. The number of nitrogens with zero attached hydrogens (tertiary/aromatic N) is 1. The number of thiophene rings is 1. The minimum absolute atomic E-state index is 0.0445. The fraction of sp³-hybridized carbons (Fsp3) is 0.714. The minimum atomic E-state index is -3.39. The summed E-state index contributed by atoms with van der Waals surface area (Å²) in [5.41, 5.74) is 0. The number of nitrogens with one attached hydrogen (secondary N) is 1. The summed E-state index contributed by atoms with van der Waals surface area (Å²) in [4.78, 5) is 1.04. The molecular formula is C14H24N2O3S2. The lowest BCUT2D eigenvalue weighted by Crippen LogP contribution is -2.40. The highest BCUT2D eigenvalue weighted by Crippen LogP contribution is 2.27. The van der Waals surface area contributed by atoms with E-state index in [1.54, 1.807) is 13.1 Å². The van der Waals surface area contributed by atoms with Crippen molar-refractivity contribution in [3.63, 3.8) is 0 Å². The number of rotatable bonds is 6. The maximum atomic E-state index is 12.7. The van der Waals surface area contributed by atoms with Gasteiger partial charge in [-0.15, -0.1) is 11.3 Å². The summed E-state index contributed by atoms with van der Waals surface area (Å²) < 4.78 is 32.6. The van der Waals surface area contributed by atoms with Gasteiger partial charge in [-0.25, -0.2) is 8.42 Å². The van der Waals surface area contributed by atoms with Crippen molar-refractivity contribution in [2.45, 2.75) is 49.5 Å². The van der Waals surface area contributed by atoms with Crippen LogP contribution < -0.4 is 5.32 Å². The van der Waals surface area contributed by atoms with Crippen LogP contribution >= 0.6 is 11.3 Å². The maximum absolute atomic E-state index is 12.7. The van der Waals surface area contributed by atoms with Gasteiger partial charge in [-0.1, -0.05) is 13.8 Å². The average Bonchev–Trinajstić information content (AvgIpc) is 2.95. The van der Waals surface area contributed by atoms with Gasteiger partial charge >= 0.3 is 0 Å². The minimum Gasteiger partial charge on any atom is -0.381 e. The number of hydrogen-bond donors (Lipinski definition) is 1. The fourth-order valence-electron chi connectivity index (χ4n) is 2.28. The van der Waals surface area contributed by atoms with Crippen molar-refractivity contribution in [2.24, 2.45) is 0 Å². The van der Waals surface area contributed by atoms with Gasteiger partial charge in [0.25, 0.3) is 10.0 Å². The van der Waals surface area contributed by atoms with Gasteiger partial charge in [0.1, 0.15) is 4.21 Å². The van der Waals surface area contributed by atoms with Gasteiger partial charge in [0, 0.05) is 43.8 Å². The predicted molar refractivity (Wildman–Crippen MR) is 85.1 cm³/mol. The Bertz CT molecular complexity index is 548. The van der Waals surface area contributed by atoms with Gasteiger partial charge in [0.05, 0.1) is 0 Å². The van der Waals surface area contributed by atoms with E-state index in [1.165, 1.54) is 15.6 Å². The van der Waals surface area contributed by atoms with Crippen molar-refractivity contribution in [3.05, 3.63) is 17.0 Å². The molecule has 0 radical (unpaired) electrons. The van der Waals surface area contributed by atoms with Crippen LogP contribution in [0.4, 0.5) is 0 Å². The highest BCUT2D eigenvalue weighted by Gasteiger charge is 2.30. The first-order valence-electron chi connectivity index (χ1n) is 7.29. The second kappa shape index (κ2) is 7.19. The predicted octanol–water partition coefficient (Wildman–Crippen LogP) is 2.05. The lowest BCUT2D eigenvalue weighted by atomic mass is 10.1. The third-order valence-electron chi connectivity index (χ3n) is 3.66. The molecular weight excluding hydrogens is 308 g/mol. The Morgan fingerprint density at radius 2 is 2.05 bits per heavy atom. The topological polar surface area (TPSA) is 58.6 Å². The molecule has 0 amide bonds. The normalized spacial score (nSPS) is 17.8. The molecule has 2 rings (SSSR count). The Balaban J connectivity index is 2.07. The summed E-state index contributed by atoms with van der Waals surface area (Å²) in [6, 6.07) is 4.04. The molecule has 120 valence electrons. The summed E-state index contributed by atoms with van der Waals surface area (Å²) in [5.74, 6) is 0. The van der Waals surface area contributed by atoms with E-state index in [1.807, 2.05) is 6.07 Å².